The third-order valence-electron chi connectivity index (χ3n) is 5.16. The number of amides is 1. The Morgan fingerprint density at radius 3 is 2.41 bits per heavy atom. The highest BCUT2D eigenvalue weighted by atomic mass is 32.2. The number of carbonyl (C=O) groups is 1. The Balaban J connectivity index is 1.83. The number of nitrogens with zero attached hydrogens (tertiary/aromatic N) is 2. The Morgan fingerprint density at radius 1 is 1.18 bits per heavy atom. The summed E-state index contributed by atoms with van der Waals surface area (Å²) in [5.74, 6) is 0.117. The van der Waals surface area contributed by atoms with Gasteiger partial charge in [-0.05, 0) is 37.0 Å². The van der Waals surface area contributed by atoms with Crippen molar-refractivity contribution in [2.45, 2.75) is 43.0 Å². The number of rotatable bonds is 3. The van der Waals surface area contributed by atoms with Crippen molar-refractivity contribution in [2.75, 3.05) is 20.1 Å². The van der Waals surface area contributed by atoms with Crippen LogP contribution in [0.5, 0.6) is 0 Å². The first-order valence-electron chi connectivity index (χ1n) is 7.75. The van der Waals surface area contributed by atoms with Crippen LogP contribution < -0.4 is 0 Å². The number of benzene rings is 1. The number of likely N-dealkylation sites (N-methyl/N-ethyl adjacent to an activating group) is 1. The summed E-state index contributed by atoms with van der Waals surface area (Å²) in [4.78, 5) is 13.9. The quantitative estimate of drug-likeness (QED) is 0.850. The zero-order valence-corrected chi connectivity index (χ0v) is 13.9. The van der Waals surface area contributed by atoms with Crippen molar-refractivity contribution in [1.82, 2.24) is 9.21 Å². The van der Waals surface area contributed by atoms with Crippen LogP contribution in [0.25, 0.3) is 0 Å². The maximum absolute atomic E-state index is 12.8. The van der Waals surface area contributed by atoms with Crippen molar-refractivity contribution >= 4 is 15.9 Å². The fraction of sp³-hybridized carbons (Fsp3) is 0.562. The van der Waals surface area contributed by atoms with Gasteiger partial charge in [0.25, 0.3) is 0 Å². The predicted molar refractivity (Wildman–Crippen MR) is 83.9 cm³/mol. The third kappa shape index (κ3) is 2.34. The molecule has 6 heteroatoms. The lowest BCUT2D eigenvalue weighted by atomic mass is 9.96. The van der Waals surface area contributed by atoms with Crippen LogP contribution in [0.15, 0.2) is 29.2 Å². The maximum Gasteiger partial charge on any atom is 0.243 e. The number of likely N-dealkylation sites (tertiary alicyclic amines) is 1. The first kappa shape index (κ1) is 15.5. The maximum atomic E-state index is 12.8. The smallest absolute Gasteiger partial charge is 0.243 e. The van der Waals surface area contributed by atoms with Crippen molar-refractivity contribution in [3.63, 3.8) is 0 Å². The van der Waals surface area contributed by atoms with E-state index in [0.29, 0.717) is 24.4 Å². The molecule has 1 unspecified atom stereocenters. The first-order valence-corrected chi connectivity index (χ1v) is 9.19. The summed E-state index contributed by atoms with van der Waals surface area (Å²) in [6.07, 6.45) is 2.89. The number of aryl methyl sites for hydroxylation is 1. The Bertz CT molecular complexity index is 684. The summed E-state index contributed by atoms with van der Waals surface area (Å²) in [7, 11) is -1.68. The molecule has 1 spiro atoms. The Hall–Kier alpha value is -1.40. The van der Waals surface area contributed by atoms with Crippen LogP contribution in [-0.4, -0.2) is 49.2 Å². The van der Waals surface area contributed by atoms with E-state index < -0.39 is 10.0 Å². The second-order valence-corrected chi connectivity index (χ2v) is 8.20. The highest BCUT2D eigenvalue weighted by Gasteiger charge is 2.50. The number of hydrogen-bond donors (Lipinski definition) is 0. The standard InChI is InChI=1S/C16H22N2O3S/c1-3-13-4-6-14(7-5-13)22(20,21)18-11-10-16(12-18)9-8-15(19)17(16)2/h4-7H,3,8-12H2,1-2H3. The van der Waals surface area contributed by atoms with E-state index in [9.17, 15) is 13.2 Å². The third-order valence-corrected chi connectivity index (χ3v) is 7.02. The van der Waals surface area contributed by atoms with E-state index >= 15 is 0 Å². The molecule has 3 rings (SSSR count). The predicted octanol–water partition coefficient (Wildman–Crippen LogP) is 1.63. The average molecular weight is 322 g/mol. The Morgan fingerprint density at radius 2 is 1.86 bits per heavy atom. The van der Waals surface area contributed by atoms with E-state index in [1.54, 1.807) is 24.1 Å². The van der Waals surface area contributed by atoms with Crippen molar-refractivity contribution in [3.05, 3.63) is 29.8 Å². The SMILES string of the molecule is CCc1ccc(S(=O)(=O)N2CCC3(CCC(=O)N3C)C2)cc1. The second kappa shape index (κ2) is 5.35. The molecule has 1 aromatic carbocycles. The lowest BCUT2D eigenvalue weighted by Gasteiger charge is -2.31. The van der Waals surface area contributed by atoms with Crippen LogP contribution >= 0.6 is 0 Å². The van der Waals surface area contributed by atoms with Gasteiger partial charge in [0.15, 0.2) is 0 Å². The molecule has 5 nitrogen and oxygen atoms in total. The van der Waals surface area contributed by atoms with Gasteiger partial charge in [-0.3, -0.25) is 4.79 Å². The van der Waals surface area contributed by atoms with Crippen molar-refractivity contribution in [2.24, 2.45) is 0 Å². The van der Waals surface area contributed by atoms with Crippen LogP contribution in [0.3, 0.4) is 0 Å². The molecule has 2 aliphatic rings. The van der Waals surface area contributed by atoms with Gasteiger partial charge in [0.05, 0.1) is 10.4 Å². The molecular weight excluding hydrogens is 300 g/mol. The fourth-order valence-corrected chi connectivity index (χ4v) is 5.01. The summed E-state index contributed by atoms with van der Waals surface area (Å²) < 4.78 is 27.1. The molecule has 0 radical (unpaired) electrons. The van der Waals surface area contributed by atoms with Gasteiger partial charge in [-0.15, -0.1) is 0 Å². The average Bonchev–Trinajstić information content (AvgIpc) is 3.08. The molecule has 2 fully saturated rings. The molecule has 2 heterocycles. The summed E-state index contributed by atoms with van der Waals surface area (Å²) in [6.45, 7) is 2.93. The molecule has 0 bridgehead atoms. The van der Waals surface area contributed by atoms with E-state index in [1.807, 2.05) is 19.1 Å². The summed E-state index contributed by atoms with van der Waals surface area (Å²) in [6, 6.07) is 7.10. The highest BCUT2D eigenvalue weighted by Crippen LogP contribution is 2.39. The second-order valence-electron chi connectivity index (χ2n) is 6.26. The minimum Gasteiger partial charge on any atom is -0.339 e. The molecule has 1 amide bonds. The molecule has 2 saturated heterocycles. The molecule has 1 atom stereocenters. The van der Waals surface area contributed by atoms with Crippen LogP contribution in [0, 0.1) is 0 Å². The van der Waals surface area contributed by atoms with E-state index in [2.05, 4.69) is 0 Å². The van der Waals surface area contributed by atoms with Crippen molar-refractivity contribution < 1.29 is 13.2 Å². The van der Waals surface area contributed by atoms with Gasteiger partial charge >= 0.3 is 0 Å². The largest absolute Gasteiger partial charge is 0.339 e. The minimum atomic E-state index is -3.47. The molecule has 0 saturated carbocycles. The first-order chi connectivity index (χ1) is 10.4. The van der Waals surface area contributed by atoms with Gasteiger partial charge in [-0.25, -0.2) is 8.42 Å². The van der Waals surface area contributed by atoms with E-state index in [4.69, 9.17) is 0 Å². The monoisotopic (exact) mass is 322 g/mol. The molecule has 2 aliphatic heterocycles. The molecular formula is C16H22N2O3S. The van der Waals surface area contributed by atoms with Gasteiger partial charge in [-0.2, -0.15) is 4.31 Å². The van der Waals surface area contributed by atoms with E-state index in [-0.39, 0.29) is 11.4 Å². The van der Waals surface area contributed by atoms with Crippen LogP contribution in [-0.2, 0) is 21.2 Å². The molecule has 0 N–H and O–H groups in total. The van der Waals surface area contributed by atoms with Gasteiger partial charge in [0.2, 0.25) is 15.9 Å². The van der Waals surface area contributed by atoms with E-state index in [1.165, 1.54) is 4.31 Å². The van der Waals surface area contributed by atoms with Gasteiger partial charge in [0, 0.05) is 26.6 Å². The minimum absolute atomic E-state index is 0.117. The van der Waals surface area contributed by atoms with Crippen molar-refractivity contribution in [1.29, 1.82) is 0 Å². The summed E-state index contributed by atoms with van der Waals surface area (Å²) >= 11 is 0. The van der Waals surface area contributed by atoms with Gasteiger partial charge < -0.3 is 4.90 Å². The highest BCUT2D eigenvalue weighted by molar-refractivity contribution is 7.89. The Labute approximate surface area is 132 Å². The zero-order valence-electron chi connectivity index (χ0n) is 13.1. The molecule has 1 aromatic rings. The lowest BCUT2D eigenvalue weighted by Crippen LogP contribution is -2.46. The van der Waals surface area contributed by atoms with E-state index in [0.717, 1.165) is 24.8 Å². The van der Waals surface area contributed by atoms with Crippen LogP contribution in [0.4, 0.5) is 0 Å². The number of sulfonamides is 1. The van der Waals surface area contributed by atoms with Crippen LogP contribution in [0.1, 0.15) is 31.7 Å². The summed E-state index contributed by atoms with van der Waals surface area (Å²) in [5, 5.41) is 0. The zero-order chi connectivity index (χ0) is 16.0. The van der Waals surface area contributed by atoms with Gasteiger partial charge in [-0.1, -0.05) is 19.1 Å². The topological polar surface area (TPSA) is 57.7 Å². The Kier molecular flexibility index (Phi) is 3.77. The molecule has 0 aromatic heterocycles. The summed E-state index contributed by atoms with van der Waals surface area (Å²) in [5.41, 5.74) is 0.825. The van der Waals surface area contributed by atoms with Crippen LogP contribution in [0.2, 0.25) is 0 Å². The molecule has 0 aliphatic carbocycles. The fourth-order valence-electron chi connectivity index (χ4n) is 3.49. The lowest BCUT2D eigenvalue weighted by molar-refractivity contribution is -0.129. The normalized spacial score (nSPS) is 26.3. The van der Waals surface area contributed by atoms with Crippen molar-refractivity contribution in [3.8, 4) is 0 Å². The molecule has 22 heavy (non-hydrogen) atoms. The number of hydrogen-bond acceptors (Lipinski definition) is 3. The molecule has 120 valence electrons. The van der Waals surface area contributed by atoms with Gasteiger partial charge in [0.1, 0.15) is 0 Å². The number of carbonyl (C=O) groups excluding carboxylic acids is 1.